The van der Waals surface area contributed by atoms with E-state index >= 15 is 0 Å². The molecule has 1 aliphatic heterocycles. The Morgan fingerprint density at radius 1 is 1.06 bits per heavy atom. The number of benzene rings is 1. The Morgan fingerprint density at radius 2 is 1.94 bits per heavy atom. The number of ether oxygens (including phenoxy) is 1. The van der Waals surface area contributed by atoms with Crippen LogP contribution in [0.4, 0.5) is 0 Å². The average Bonchev–Trinajstić information content (AvgIpc) is 3.58. The van der Waals surface area contributed by atoms with Crippen molar-refractivity contribution >= 4 is 17.2 Å². The van der Waals surface area contributed by atoms with Crippen LogP contribution in [-0.2, 0) is 0 Å². The molecule has 0 spiro atoms. The van der Waals surface area contributed by atoms with Crippen molar-refractivity contribution in [2.24, 2.45) is 0 Å². The number of carbonyl (C=O) groups excluding carboxylic acids is 1. The number of amides is 1. The van der Waals surface area contributed by atoms with Gasteiger partial charge in [0.25, 0.3) is 5.91 Å². The summed E-state index contributed by atoms with van der Waals surface area (Å²) in [6, 6.07) is 15.0. The molecule has 7 nitrogen and oxygen atoms in total. The van der Waals surface area contributed by atoms with Gasteiger partial charge in [-0.15, -0.1) is 11.3 Å². The van der Waals surface area contributed by atoms with Crippen molar-refractivity contribution in [1.29, 1.82) is 0 Å². The number of methoxy groups -OCH3 is 1. The zero-order chi connectivity index (χ0) is 21.9. The molecular formula is C24H23N3O4S. The van der Waals surface area contributed by atoms with Crippen LogP contribution in [0.3, 0.4) is 0 Å². The molecule has 1 aromatic carbocycles. The van der Waals surface area contributed by atoms with E-state index in [1.165, 1.54) is 0 Å². The predicted molar refractivity (Wildman–Crippen MR) is 121 cm³/mol. The molecule has 0 bridgehead atoms. The van der Waals surface area contributed by atoms with E-state index in [1.807, 2.05) is 52.7 Å². The molecule has 164 valence electrons. The van der Waals surface area contributed by atoms with E-state index in [4.69, 9.17) is 13.8 Å². The summed E-state index contributed by atoms with van der Waals surface area (Å²) in [5, 5.41) is 10.4. The molecule has 0 aliphatic carbocycles. The lowest BCUT2D eigenvalue weighted by Crippen LogP contribution is -2.35. The molecule has 0 unspecified atom stereocenters. The van der Waals surface area contributed by atoms with Crippen LogP contribution >= 0.6 is 11.3 Å². The number of aromatic nitrogens is 2. The van der Waals surface area contributed by atoms with E-state index in [2.05, 4.69) is 10.3 Å². The summed E-state index contributed by atoms with van der Waals surface area (Å²) in [6.07, 6.45) is 3.87. The largest absolute Gasteiger partial charge is 0.496 e. The lowest BCUT2D eigenvalue weighted by atomic mass is 10.1. The SMILES string of the molecule is COc1ccccc1-c1cc(C(=O)N2CCCCC[C@H]2c2cc(-c3cccs3)on2)no1. The van der Waals surface area contributed by atoms with Gasteiger partial charge in [-0.3, -0.25) is 4.79 Å². The van der Waals surface area contributed by atoms with Crippen molar-refractivity contribution in [3.63, 3.8) is 0 Å². The molecule has 1 saturated heterocycles. The second-order valence-electron chi connectivity index (χ2n) is 7.73. The second-order valence-corrected chi connectivity index (χ2v) is 8.68. The molecule has 0 N–H and O–H groups in total. The molecule has 8 heteroatoms. The molecule has 1 amide bonds. The van der Waals surface area contributed by atoms with Gasteiger partial charge in [0, 0.05) is 18.7 Å². The van der Waals surface area contributed by atoms with Gasteiger partial charge in [-0.2, -0.15) is 0 Å². The van der Waals surface area contributed by atoms with Crippen molar-refractivity contribution in [1.82, 2.24) is 15.2 Å². The number of nitrogens with zero attached hydrogens (tertiary/aromatic N) is 3. The zero-order valence-corrected chi connectivity index (χ0v) is 18.5. The minimum absolute atomic E-state index is 0.158. The topological polar surface area (TPSA) is 81.6 Å². The van der Waals surface area contributed by atoms with Gasteiger partial charge in [0.15, 0.2) is 17.2 Å². The van der Waals surface area contributed by atoms with Crippen molar-refractivity contribution in [3.05, 3.63) is 65.3 Å². The molecule has 4 aromatic rings. The zero-order valence-electron chi connectivity index (χ0n) is 17.7. The van der Waals surface area contributed by atoms with E-state index in [1.54, 1.807) is 24.5 Å². The first-order chi connectivity index (χ1) is 15.7. The van der Waals surface area contributed by atoms with Crippen LogP contribution in [0.25, 0.3) is 22.0 Å². The quantitative estimate of drug-likeness (QED) is 0.382. The highest BCUT2D eigenvalue weighted by molar-refractivity contribution is 7.13. The van der Waals surface area contributed by atoms with Crippen LogP contribution in [0.2, 0.25) is 0 Å². The van der Waals surface area contributed by atoms with Gasteiger partial charge < -0.3 is 18.7 Å². The number of likely N-dealkylation sites (tertiary alicyclic amines) is 1. The van der Waals surface area contributed by atoms with Crippen molar-refractivity contribution < 1.29 is 18.6 Å². The van der Waals surface area contributed by atoms with Crippen molar-refractivity contribution in [2.75, 3.05) is 13.7 Å². The van der Waals surface area contributed by atoms with Crippen LogP contribution in [0.5, 0.6) is 5.75 Å². The van der Waals surface area contributed by atoms with E-state index in [-0.39, 0.29) is 17.6 Å². The molecular weight excluding hydrogens is 426 g/mol. The first kappa shape index (κ1) is 20.5. The minimum Gasteiger partial charge on any atom is -0.496 e. The van der Waals surface area contributed by atoms with Gasteiger partial charge in [-0.25, -0.2) is 0 Å². The monoisotopic (exact) mass is 449 g/mol. The van der Waals surface area contributed by atoms with Crippen LogP contribution in [0, 0.1) is 0 Å². The predicted octanol–water partition coefficient (Wildman–Crippen LogP) is 5.82. The van der Waals surface area contributed by atoms with Crippen LogP contribution in [0.1, 0.15) is 47.9 Å². The third kappa shape index (κ3) is 3.93. The third-order valence-corrected chi connectivity index (χ3v) is 6.63. The fourth-order valence-electron chi connectivity index (χ4n) is 4.14. The summed E-state index contributed by atoms with van der Waals surface area (Å²) in [6.45, 7) is 0.640. The van der Waals surface area contributed by atoms with Crippen LogP contribution in [0.15, 0.2) is 63.0 Å². The molecule has 1 atom stereocenters. The number of hydrogen-bond acceptors (Lipinski definition) is 7. The molecule has 4 heterocycles. The van der Waals surface area contributed by atoms with Crippen molar-refractivity contribution in [3.8, 4) is 27.7 Å². The Morgan fingerprint density at radius 3 is 2.78 bits per heavy atom. The van der Waals surface area contributed by atoms with Gasteiger partial charge in [-0.1, -0.05) is 41.4 Å². The number of carbonyl (C=O) groups is 1. The maximum atomic E-state index is 13.5. The average molecular weight is 450 g/mol. The normalized spacial score (nSPS) is 16.7. The lowest BCUT2D eigenvalue weighted by molar-refractivity contribution is 0.0663. The Labute approximate surface area is 189 Å². The number of rotatable bonds is 5. The van der Waals surface area contributed by atoms with Gasteiger partial charge in [0.2, 0.25) is 0 Å². The Hall–Kier alpha value is -3.39. The fraction of sp³-hybridized carbons (Fsp3) is 0.292. The molecule has 5 rings (SSSR count). The minimum atomic E-state index is -0.164. The summed E-state index contributed by atoms with van der Waals surface area (Å²) < 4.78 is 16.5. The molecule has 1 aliphatic rings. The highest BCUT2D eigenvalue weighted by atomic mass is 32.1. The maximum absolute atomic E-state index is 13.5. The van der Waals surface area contributed by atoms with E-state index in [9.17, 15) is 4.79 Å². The molecule has 0 radical (unpaired) electrons. The fourth-order valence-corrected chi connectivity index (χ4v) is 4.81. The smallest absolute Gasteiger partial charge is 0.276 e. The number of thiophene rings is 1. The van der Waals surface area contributed by atoms with E-state index < -0.39 is 0 Å². The Bertz CT molecular complexity index is 1200. The standard InChI is InChI=1S/C24H23N3O4S/c1-29-20-10-5-4-8-16(20)21-15-18(26-30-21)24(28)27-12-6-2-3-9-19(27)17-14-22(31-25-17)23-11-7-13-32-23/h4-5,7-8,10-11,13-15,19H,2-3,6,9,12H2,1H3/t19-/m0/s1. The van der Waals surface area contributed by atoms with Crippen LogP contribution < -0.4 is 4.74 Å². The Kier molecular flexibility index (Phi) is 5.77. The third-order valence-electron chi connectivity index (χ3n) is 5.75. The van der Waals surface area contributed by atoms with Gasteiger partial charge in [0.1, 0.15) is 11.4 Å². The number of para-hydroxylation sites is 1. The molecule has 3 aromatic heterocycles. The maximum Gasteiger partial charge on any atom is 0.276 e. The molecule has 32 heavy (non-hydrogen) atoms. The molecule has 1 fully saturated rings. The summed E-state index contributed by atoms with van der Waals surface area (Å²) >= 11 is 1.60. The second kappa shape index (κ2) is 9.00. The Balaban J connectivity index is 1.43. The number of hydrogen-bond donors (Lipinski definition) is 0. The lowest BCUT2D eigenvalue weighted by Gasteiger charge is -2.27. The van der Waals surface area contributed by atoms with E-state index in [0.29, 0.717) is 18.1 Å². The highest BCUT2D eigenvalue weighted by Crippen LogP contribution is 2.35. The van der Waals surface area contributed by atoms with Gasteiger partial charge >= 0.3 is 0 Å². The van der Waals surface area contributed by atoms with E-state index in [0.717, 1.165) is 47.6 Å². The van der Waals surface area contributed by atoms with Gasteiger partial charge in [-0.05, 0) is 36.4 Å². The first-order valence-corrected chi connectivity index (χ1v) is 11.5. The van der Waals surface area contributed by atoms with Crippen molar-refractivity contribution in [2.45, 2.75) is 31.7 Å². The molecule has 0 saturated carbocycles. The summed E-state index contributed by atoms with van der Waals surface area (Å²) in [5.41, 5.74) is 1.81. The van der Waals surface area contributed by atoms with Crippen LogP contribution in [-0.4, -0.2) is 34.8 Å². The summed E-state index contributed by atoms with van der Waals surface area (Å²) in [4.78, 5) is 16.4. The first-order valence-electron chi connectivity index (χ1n) is 10.7. The van der Waals surface area contributed by atoms with Gasteiger partial charge in [0.05, 0.1) is 23.6 Å². The summed E-state index contributed by atoms with van der Waals surface area (Å²) in [7, 11) is 1.60. The summed E-state index contributed by atoms with van der Waals surface area (Å²) in [5.74, 6) is 1.73. The highest BCUT2D eigenvalue weighted by Gasteiger charge is 2.32.